The lowest BCUT2D eigenvalue weighted by Crippen LogP contribution is -2.38. The van der Waals surface area contributed by atoms with E-state index in [4.69, 9.17) is 12.2 Å². The van der Waals surface area contributed by atoms with Crippen LogP contribution in [0.5, 0.6) is 0 Å². The number of piperidine rings is 1. The van der Waals surface area contributed by atoms with Gasteiger partial charge in [-0.2, -0.15) is 18.2 Å². The van der Waals surface area contributed by atoms with Gasteiger partial charge in [0.05, 0.1) is 0 Å². The van der Waals surface area contributed by atoms with E-state index in [0.717, 1.165) is 25.3 Å². The zero-order valence-electron chi connectivity index (χ0n) is 12.4. The predicted octanol–water partition coefficient (Wildman–Crippen LogP) is 2.79. The molecule has 1 aromatic rings. The molecule has 122 valence electrons. The Kier molecular flexibility index (Phi) is 5.05. The van der Waals surface area contributed by atoms with Crippen molar-refractivity contribution in [2.75, 3.05) is 23.8 Å². The van der Waals surface area contributed by atoms with Crippen molar-refractivity contribution in [1.82, 2.24) is 15.3 Å². The zero-order valence-corrected chi connectivity index (χ0v) is 13.2. The van der Waals surface area contributed by atoms with Gasteiger partial charge >= 0.3 is 6.18 Å². The summed E-state index contributed by atoms with van der Waals surface area (Å²) in [5.74, 6) is 0.123. The van der Waals surface area contributed by atoms with Gasteiger partial charge in [0.2, 0.25) is 5.95 Å². The molecular weight excluding hydrogens is 315 g/mol. The number of anilines is 2. The fourth-order valence-corrected chi connectivity index (χ4v) is 2.48. The summed E-state index contributed by atoms with van der Waals surface area (Å²) in [6, 6.07) is 1.14. The van der Waals surface area contributed by atoms with E-state index in [1.54, 1.807) is 7.05 Å². The topological polar surface area (TPSA) is 53.1 Å². The second kappa shape index (κ2) is 6.64. The average molecular weight is 333 g/mol. The SMILES string of the molecule is CNC(=S)Nc1nc(N2CCCC[C@H]2C)cc(C(F)(F)F)n1. The lowest BCUT2D eigenvalue weighted by atomic mass is 10.0. The molecule has 9 heteroatoms. The molecule has 5 nitrogen and oxygen atoms in total. The van der Waals surface area contributed by atoms with Crippen LogP contribution in [-0.4, -0.2) is 34.7 Å². The molecule has 1 aliphatic heterocycles. The van der Waals surface area contributed by atoms with E-state index in [1.165, 1.54) is 0 Å². The van der Waals surface area contributed by atoms with Crippen LogP contribution in [0.3, 0.4) is 0 Å². The van der Waals surface area contributed by atoms with Crippen LogP contribution in [0.2, 0.25) is 0 Å². The first-order chi connectivity index (χ1) is 10.3. The Morgan fingerprint density at radius 2 is 2.09 bits per heavy atom. The summed E-state index contributed by atoms with van der Waals surface area (Å²) in [6.45, 7) is 2.67. The van der Waals surface area contributed by atoms with Crippen LogP contribution in [0.1, 0.15) is 31.9 Å². The molecule has 0 spiro atoms. The largest absolute Gasteiger partial charge is 0.433 e. The minimum atomic E-state index is -4.53. The lowest BCUT2D eigenvalue weighted by Gasteiger charge is -2.34. The van der Waals surface area contributed by atoms with Gasteiger partial charge in [-0.15, -0.1) is 0 Å². The summed E-state index contributed by atoms with van der Waals surface area (Å²) >= 11 is 4.90. The maximum atomic E-state index is 13.0. The van der Waals surface area contributed by atoms with Gasteiger partial charge in [-0.25, -0.2) is 4.98 Å². The molecule has 2 N–H and O–H groups in total. The third kappa shape index (κ3) is 3.96. The Morgan fingerprint density at radius 1 is 1.36 bits per heavy atom. The molecule has 2 heterocycles. The summed E-state index contributed by atoms with van der Waals surface area (Å²) in [4.78, 5) is 9.58. The number of alkyl halides is 3. The molecule has 2 rings (SSSR count). The van der Waals surface area contributed by atoms with Crippen LogP contribution < -0.4 is 15.5 Å². The highest BCUT2D eigenvalue weighted by Gasteiger charge is 2.35. The van der Waals surface area contributed by atoms with Crippen molar-refractivity contribution >= 4 is 29.1 Å². The van der Waals surface area contributed by atoms with Crippen LogP contribution >= 0.6 is 12.2 Å². The fourth-order valence-electron chi connectivity index (χ4n) is 2.39. The van der Waals surface area contributed by atoms with Crippen LogP contribution in [-0.2, 0) is 6.18 Å². The number of halogens is 3. The van der Waals surface area contributed by atoms with E-state index < -0.39 is 11.9 Å². The predicted molar refractivity (Wildman–Crippen MR) is 83.0 cm³/mol. The summed E-state index contributed by atoms with van der Waals surface area (Å²) in [5.41, 5.74) is -0.975. The molecule has 1 aliphatic rings. The molecule has 1 saturated heterocycles. The molecule has 0 amide bonds. The second-order valence-corrected chi connectivity index (χ2v) is 5.58. The van der Waals surface area contributed by atoms with Crippen LogP contribution in [0.4, 0.5) is 24.9 Å². The van der Waals surface area contributed by atoms with Gasteiger partial charge in [0.25, 0.3) is 0 Å². The zero-order chi connectivity index (χ0) is 16.3. The summed E-state index contributed by atoms with van der Waals surface area (Å²) in [6.07, 6.45) is -1.59. The number of hydrogen-bond donors (Lipinski definition) is 2. The standard InChI is InChI=1S/C13H18F3N5S/c1-8-5-3-4-6-21(8)10-7-9(13(14,15)16)18-11(19-10)20-12(22)17-2/h7-8H,3-6H2,1-2H3,(H2,17,18,19,20,22)/t8-/m1/s1. The molecule has 0 bridgehead atoms. The number of nitrogens with zero attached hydrogens (tertiary/aromatic N) is 3. The van der Waals surface area contributed by atoms with E-state index >= 15 is 0 Å². The van der Waals surface area contributed by atoms with Crippen LogP contribution in [0.25, 0.3) is 0 Å². The number of rotatable bonds is 2. The van der Waals surface area contributed by atoms with Crippen molar-refractivity contribution in [3.05, 3.63) is 11.8 Å². The van der Waals surface area contributed by atoms with E-state index in [0.29, 0.717) is 6.54 Å². The average Bonchev–Trinajstić information content (AvgIpc) is 2.46. The van der Waals surface area contributed by atoms with Gasteiger partial charge in [0, 0.05) is 25.7 Å². The Bertz CT molecular complexity index is 549. The summed E-state index contributed by atoms with van der Waals surface area (Å²) in [7, 11) is 1.57. The molecule has 0 unspecified atom stereocenters. The Morgan fingerprint density at radius 3 is 2.68 bits per heavy atom. The molecule has 0 radical (unpaired) electrons. The Balaban J connectivity index is 2.39. The minimum Gasteiger partial charge on any atom is -0.365 e. The number of aromatic nitrogens is 2. The lowest BCUT2D eigenvalue weighted by molar-refractivity contribution is -0.141. The maximum Gasteiger partial charge on any atom is 0.433 e. The highest BCUT2D eigenvalue weighted by atomic mass is 32.1. The fraction of sp³-hybridized carbons (Fsp3) is 0.615. The van der Waals surface area contributed by atoms with Gasteiger partial charge < -0.3 is 15.5 Å². The smallest absolute Gasteiger partial charge is 0.365 e. The quantitative estimate of drug-likeness (QED) is 0.812. The first-order valence-corrected chi connectivity index (χ1v) is 7.43. The van der Waals surface area contributed by atoms with Gasteiger partial charge in [-0.3, -0.25) is 0 Å². The molecule has 1 aromatic heterocycles. The van der Waals surface area contributed by atoms with Crippen LogP contribution in [0, 0.1) is 0 Å². The van der Waals surface area contributed by atoms with E-state index in [9.17, 15) is 13.2 Å². The second-order valence-electron chi connectivity index (χ2n) is 5.18. The van der Waals surface area contributed by atoms with Crippen molar-refractivity contribution in [2.24, 2.45) is 0 Å². The number of hydrogen-bond acceptors (Lipinski definition) is 4. The van der Waals surface area contributed by atoms with Crippen molar-refractivity contribution in [3.8, 4) is 0 Å². The van der Waals surface area contributed by atoms with E-state index in [2.05, 4.69) is 20.6 Å². The molecule has 0 saturated carbocycles. The van der Waals surface area contributed by atoms with Gasteiger partial charge in [0.1, 0.15) is 5.82 Å². The molecule has 1 atom stereocenters. The van der Waals surface area contributed by atoms with Crippen molar-refractivity contribution in [2.45, 2.75) is 38.4 Å². The third-order valence-electron chi connectivity index (χ3n) is 3.55. The van der Waals surface area contributed by atoms with Gasteiger partial charge in [0.15, 0.2) is 10.8 Å². The molecular formula is C13H18F3N5S. The first kappa shape index (κ1) is 16.7. The molecule has 0 aliphatic carbocycles. The van der Waals surface area contributed by atoms with Gasteiger partial charge in [-0.05, 0) is 38.4 Å². The monoisotopic (exact) mass is 333 g/mol. The third-order valence-corrected chi connectivity index (χ3v) is 3.86. The maximum absolute atomic E-state index is 13.0. The summed E-state index contributed by atoms with van der Waals surface area (Å²) < 4.78 is 39.1. The Labute approximate surface area is 132 Å². The normalized spacial score (nSPS) is 19.0. The molecule has 1 fully saturated rings. The highest BCUT2D eigenvalue weighted by Crippen LogP contribution is 2.32. The summed E-state index contributed by atoms with van der Waals surface area (Å²) in [5, 5.41) is 5.36. The van der Waals surface area contributed by atoms with Gasteiger partial charge in [-0.1, -0.05) is 0 Å². The van der Waals surface area contributed by atoms with Crippen molar-refractivity contribution < 1.29 is 13.2 Å². The molecule has 0 aromatic carbocycles. The molecule has 22 heavy (non-hydrogen) atoms. The van der Waals surface area contributed by atoms with Crippen LogP contribution in [0.15, 0.2) is 6.07 Å². The minimum absolute atomic E-state index is 0.147. The van der Waals surface area contributed by atoms with Crippen molar-refractivity contribution in [1.29, 1.82) is 0 Å². The Hall–Kier alpha value is -1.64. The highest BCUT2D eigenvalue weighted by molar-refractivity contribution is 7.80. The van der Waals surface area contributed by atoms with Crippen molar-refractivity contribution in [3.63, 3.8) is 0 Å². The van der Waals surface area contributed by atoms with E-state index in [1.807, 2.05) is 11.8 Å². The first-order valence-electron chi connectivity index (χ1n) is 7.03. The van der Waals surface area contributed by atoms with E-state index in [-0.39, 0.29) is 22.9 Å². The number of nitrogens with one attached hydrogen (secondary N) is 2. The number of thiocarbonyl (C=S) groups is 1.